The highest BCUT2D eigenvalue weighted by atomic mass is 32.2. The summed E-state index contributed by atoms with van der Waals surface area (Å²) in [6, 6.07) is 0.603. The highest BCUT2D eigenvalue weighted by Crippen LogP contribution is 2.30. The van der Waals surface area contributed by atoms with Gasteiger partial charge in [-0.2, -0.15) is 8.42 Å². The van der Waals surface area contributed by atoms with Crippen LogP contribution >= 0.6 is 0 Å². The highest BCUT2D eigenvalue weighted by molar-refractivity contribution is 7.87. The highest BCUT2D eigenvalue weighted by Gasteiger charge is 2.34. The molecule has 0 amide bonds. The van der Waals surface area contributed by atoms with Crippen molar-refractivity contribution in [2.75, 3.05) is 13.1 Å². The molecule has 0 N–H and O–H groups in total. The molecule has 19 heavy (non-hydrogen) atoms. The molecule has 0 aromatic rings. The zero-order valence-electron chi connectivity index (χ0n) is 12.2. The van der Waals surface area contributed by atoms with Gasteiger partial charge in [0.15, 0.2) is 0 Å². The Hall–Kier alpha value is -0.130. The van der Waals surface area contributed by atoms with Crippen molar-refractivity contribution in [3.63, 3.8) is 0 Å². The third-order valence-electron chi connectivity index (χ3n) is 4.29. The Labute approximate surface area is 117 Å². The molecule has 1 saturated heterocycles. The molecule has 1 aliphatic heterocycles. The molecule has 2 rings (SSSR count). The van der Waals surface area contributed by atoms with Crippen molar-refractivity contribution in [3.8, 4) is 0 Å². The molecule has 1 heterocycles. The summed E-state index contributed by atoms with van der Waals surface area (Å²) in [7, 11) is -3.36. The van der Waals surface area contributed by atoms with Crippen LogP contribution in [-0.2, 0) is 14.3 Å². The second-order valence-electron chi connectivity index (χ2n) is 6.16. The molecular formula is C14H27NO3S. The Morgan fingerprint density at radius 1 is 1.00 bits per heavy atom. The molecule has 0 bridgehead atoms. The van der Waals surface area contributed by atoms with E-state index in [-0.39, 0.29) is 11.4 Å². The van der Waals surface area contributed by atoms with Gasteiger partial charge in [0, 0.05) is 6.04 Å². The summed E-state index contributed by atoms with van der Waals surface area (Å²) >= 11 is 0. The molecule has 0 unspecified atom stereocenters. The summed E-state index contributed by atoms with van der Waals surface area (Å²) in [5, 5.41) is -0.282. The maximum absolute atomic E-state index is 12.0. The van der Waals surface area contributed by atoms with Gasteiger partial charge >= 0.3 is 0 Å². The Kier molecular flexibility index (Phi) is 5.26. The van der Waals surface area contributed by atoms with Crippen molar-refractivity contribution in [1.82, 2.24) is 4.90 Å². The van der Waals surface area contributed by atoms with E-state index in [9.17, 15) is 8.42 Å². The quantitative estimate of drug-likeness (QED) is 0.746. The van der Waals surface area contributed by atoms with E-state index in [1.165, 1.54) is 32.4 Å². The Balaban J connectivity index is 1.84. The van der Waals surface area contributed by atoms with E-state index in [0.29, 0.717) is 6.04 Å². The maximum atomic E-state index is 12.0. The monoisotopic (exact) mass is 289 g/mol. The van der Waals surface area contributed by atoms with Gasteiger partial charge in [0.1, 0.15) is 0 Å². The third-order valence-corrected chi connectivity index (χ3v) is 6.23. The van der Waals surface area contributed by atoms with Gasteiger partial charge in [-0.3, -0.25) is 4.18 Å². The standard InChI is InChI=1S/C14H27NO3S/c1-12(2)18-19(16,17)14-8-6-13(7-9-14)15-10-4-3-5-11-15/h12-14H,3-11H2,1-2H3. The summed E-state index contributed by atoms with van der Waals surface area (Å²) in [6.45, 7) is 5.95. The first-order chi connectivity index (χ1) is 8.99. The maximum Gasteiger partial charge on any atom is 0.270 e. The lowest BCUT2D eigenvalue weighted by Crippen LogP contribution is -2.43. The van der Waals surface area contributed by atoms with Gasteiger partial charge < -0.3 is 4.90 Å². The van der Waals surface area contributed by atoms with Crippen molar-refractivity contribution >= 4 is 10.1 Å². The van der Waals surface area contributed by atoms with Crippen LogP contribution in [0.3, 0.4) is 0 Å². The molecule has 0 spiro atoms. The first-order valence-corrected chi connectivity index (χ1v) is 9.12. The van der Waals surface area contributed by atoms with Gasteiger partial charge in [-0.05, 0) is 65.5 Å². The molecule has 0 aromatic heterocycles. The second-order valence-corrected chi connectivity index (χ2v) is 8.01. The number of nitrogens with zero attached hydrogens (tertiary/aromatic N) is 1. The van der Waals surface area contributed by atoms with Crippen LogP contribution in [0.25, 0.3) is 0 Å². The molecule has 4 nitrogen and oxygen atoms in total. The number of hydrogen-bond donors (Lipinski definition) is 0. The minimum atomic E-state index is -3.36. The average Bonchev–Trinajstić information content (AvgIpc) is 2.38. The van der Waals surface area contributed by atoms with Crippen LogP contribution in [0.1, 0.15) is 58.8 Å². The number of hydrogen-bond acceptors (Lipinski definition) is 4. The van der Waals surface area contributed by atoms with E-state index >= 15 is 0 Å². The lowest BCUT2D eigenvalue weighted by molar-refractivity contribution is 0.129. The summed E-state index contributed by atoms with van der Waals surface area (Å²) in [6.07, 6.45) is 7.24. The molecule has 112 valence electrons. The van der Waals surface area contributed by atoms with Crippen molar-refractivity contribution in [1.29, 1.82) is 0 Å². The smallest absolute Gasteiger partial charge is 0.270 e. The Bertz CT molecular complexity index is 366. The van der Waals surface area contributed by atoms with Crippen molar-refractivity contribution in [2.45, 2.75) is 76.2 Å². The van der Waals surface area contributed by atoms with E-state index in [0.717, 1.165) is 25.7 Å². The van der Waals surface area contributed by atoms with Gasteiger partial charge in [0.25, 0.3) is 10.1 Å². The number of rotatable bonds is 4. The second kappa shape index (κ2) is 6.55. The van der Waals surface area contributed by atoms with Gasteiger partial charge in [-0.25, -0.2) is 0 Å². The Morgan fingerprint density at radius 2 is 1.58 bits per heavy atom. The molecule has 0 aromatic carbocycles. The fourth-order valence-electron chi connectivity index (χ4n) is 3.33. The average molecular weight is 289 g/mol. The van der Waals surface area contributed by atoms with Crippen molar-refractivity contribution in [2.24, 2.45) is 0 Å². The van der Waals surface area contributed by atoms with Gasteiger partial charge in [0.2, 0.25) is 0 Å². The molecule has 2 aliphatic rings. The van der Waals surface area contributed by atoms with Crippen LogP contribution < -0.4 is 0 Å². The topological polar surface area (TPSA) is 46.6 Å². The predicted octanol–water partition coefficient (Wildman–Crippen LogP) is 2.54. The zero-order valence-corrected chi connectivity index (χ0v) is 13.0. The first-order valence-electron chi connectivity index (χ1n) is 7.65. The van der Waals surface area contributed by atoms with Gasteiger partial charge in [-0.15, -0.1) is 0 Å². The lowest BCUT2D eigenvalue weighted by Gasteiger charge is -2.38. The molecule has 1 aliphatic carbocycles. The van der Waals surface area contributed by atoms with Gasteiger partial charge in [0.05, 0.1) is 11.4 Å². The fraction of sp³-hybridized carbons (Fsp3) is 1.00. The van der Waals surface area contributed by atoms with E-state index in [2.05, 4.69) is 4.90 Å². The molecule has 0 atom stereocenters. The first kappa shape index (κ1) is 15.3. The zero-order chi connectivity index (χ0) is 13.9. The molecule has 0 radical (unpaired) electrons. The third kappa shape index (κ3) is 4.17. The molecule has 1 saturated carbocycles. The van der Waals surface area contributed by atoms with Crippen molar-refractivity contribution < 1.29 is 12.6 Å². The number of likely N-dealkylation sites (tertiary alicyclic amines) is 1. The van der Waals surface area contributed by atoms with Crippen LogP contribution in [0.15, 0.2) is 0 Å². The molecular weight excluding hydrogens is 262 g/mol. The summed E-state index contributed by atoms with van der Waals surface area (Å²) in [4.78, 5) is 2.57. The van der Waals surface area contributed by atoms with E-state index in [1.54, 1.807) is 13.8 Å². The fourth-order valence-corrected chi connectivity index (χ4v) is 4.87. The minimum absolute atomic E-state index is 0.246. The summed E-state index contributed by atoms with van der Waals surface area (Å²) in [5.41, 5.74) is 0. The van der Waals surface area contributed by atoms with E-state index in [4.69, 9.17) is 4.18 Å². The Morgan fingerprint density at radius 3 is 2.11 bits per heavy atom. The lowest BCUT2D eigenvalue weighted by atomic mass is 9.92. The van der Waals surface area contributed by atoms with Crippen LogP contribution in [0.4, 0.5) is 0 Å². The predicted molar refractivity (Wildman–Crippen MR) is 76.6 cm³/mol. The van der Waals surface area contributed by atoms with Crippen LogP contribution in [0.2, 0.25) is 0 Å². The van der Waals surface area contributed by atoms with E-state index in [1.807, 2.05) is 0 Å². The minimum Gasteiger partial charge on any atom is -0.300 e. The summed E-state index contributed by atoms with van der Waals surface area (Å²) in [5.74, 6) is 0. The van der Waals surface area contributed by atoms with E-state index < -0.39 is 10.1 Å². The van der Waals surface area contributed by atoms with Crippen LogP contribution in [0, 0.1) is 0 Å². The number of piperidine rings is 1. The molecule has 2 fully saturated rings. The molecule has 5 heteroatoms. The van der Waals surface area contributed by atoms with Gasteiger partial charge in [-0.1, -0.05) is 6.42 Å². The summed E-state index contributed by atoms with van der Waals surface area (Å²) < 4.78 is 29.2. The van der Waals surface area contributed by atoms with Crippen LogP contribution in [0.5, 0.6) is 0 Å². The normalized spacial score (nSPS) is 30.7. The van der Waals surface area contributed by atoms with Crippen LogP contribution in [-0.4, -0.2) is 43.8 Å². The van der Waals surface area contributed by atoms with Crippen molar-refractivity contribution in [3.05, 3.63) is 0 Å². The largest absolute Gasteiger partial charge is 0.300 e. The SMILES string of the molecule is CC(C)OS(=O)(=O)C1CCC(N2CCCCC2)CC1.